The average molecular weight is 240 g/mol. The van der Waals surface area contributed by atoms with Gasteiger partial charge in [-0.05, 0) is 6.42 Å². The van der Waals surface area contributed by atoms with Crippen molar-refractivity contribution in [1.82, 2.24) is 0 Å². The van der Waals surface area contributed by atoms with E-state index in [1.165, 1.54) is 6.08 Å². The molecule has 1 aliphatic heterocycles. The molecular weight excluding hydrogens is 228 g/mol. The molecule has 1 unspecified atom stereocenters. The molecule has 0 amide bonds. The summed E-state index contributed by atoms with van der Waals surface area (Å²) in [5.74, 6) is -0.402. The second kappa shape index (κ2) is 4.00. The zero-order valence-corrected chi connectivity index (χ0v) is 9.18. The van der Waals surface area contributed by atoms with Crippen LogP contribution in [-0.2, 0) is 24.1 Å². The summed E-state index contributed by atoms with van der Waals surface area (Å²) >= 11 is 0. The van der Waals surface area contributed by atoms with E-state index in [2.05, 4.69) is 10.8 Å². The summed E-state index contributed by atoms with van der Waals surface area (Å²) in [7, 11) is -6.93. The van der Waals surface area contributed by atoms with Gasteiger partial charge in [0.25, 0.3) is 10.1 Å². The molecule has 1 fully saturated rings. The molecule has 0 bridgehead atoms. The first-order valence-electron chi connectivity index (χ1n) is 4.07. The zero-order chi connectivity index (χ0) is 10.8. The highest BCUT2D eigenvalue weighted by molar-refractivity contribution is 7.94. The Balaban J connectivity index is 2.71. The molecule has 0 aromatic rings. The van der Waals surface area contributed by atoms with Gasteiger partial charge in [-0.2, -0.15) is 8.42 Å². The Labute approximate surface area is 83.8 Å². The fourth-order valence-corrected chi connectivity index (χ4v) is 5.09. The third-order valence-corrected chi connectivity index (χ3v) is 5.61. The molecule has 0 aromatic heterocycles. The molecule has 82 valence electrons. The minimum absolute atomic E-state index is 0.0751. The van der Waals surface area contributed by atoms with Gasteiger partial charge < -0.3 is 0 Å². The standard InChI is InChI=1S/C7H12O5S2/c1-2-4-12-14(10,11)7-3-5-13(8,9)6-7/h2,7H,1,3-6H2. The van der Waals surface area contributed by atoms with E-state index in [9.17, 15) is 16.8 Å². The fraction of sp³-hybridized carbons (Fsp3) is 0.714. The number of hydrogen-bond donors (Lipinski definition) is 0. The van der Waals surface area contributed by atoms with Gasteiger partial charge in [-0.1, -0.05) is 6.08 Å². The molecule has 0 saturated carbocycles. The van der Waals surface area contributed by atoms with Gasteiger partial charge in [0.2, 0.25) is 0 Å². The first-order valence-corrected chi connectivity index (χ1v) is 7.36. The molecule has 1 heterocycles. The Morgan fingerprint density at radius 3 is 2.57 bits per heavy atom. The first-order chi connectivity index (χ1) is 6.37. The largest absolute Gasteiger partial charge is 0.271 e. The fourth-order valence-electron chi connectivity index (χ4n) is 1.23. The van der Waals surface area contributed by atoms with Gasteiger partial charge in [0.15, 0.2) is 9.84 Å². The molecule has 1 saturated heterocycles. The van der Waals surface area contributed by atoms with Crippen molar-refractivity contribution in [3.8, 4) is 0 Å². The van der Waals surface area contributed by atoms with Crippen LogP contribution in [0.2, 0.25) is 0 Å². The smallest absolute Gasteiger partial charge is 0.266 e. The number of hydrogen-bond acceptors (Lipinski definition) is 5. The SMILES string of the molecule is C=CCOS(=O)(=O)C1CCS(=O)(=O)C1. The highest BCUT2D eigenvalue weighted by Crippen LogP contribution is 2.20. The van der Waals surface area contributed by atoms with Crippen LogP contribution < -0.4 is 0 Å². The molecule has 14 heavy (non-hydrogen) atoms. The van der Waals surface area contributed by atoms with Crippen molar-refractivity contribution >= 4 is 20.0 Å². The van der Waals surface area contributed by atoms with Crippen LogP contribution in [0.25, 0.3) is 0 Å². The lowest BCUT2D eigenvalue weighted by atomic mass is 10.4. The van der Waals surface area contributed by atoms with Gasteiger partial charge >= 0.3 is 0 Å². The molecule has 1 aliphatic rings. The third-order valence-electron chi connectivity index (χ3n) is 1.95. The molecular formula is C7H12O5S2. The van der Waals surface area contributed by atoms with Crippen molar-refractivity contribution in [3.05, 3.63) is 12.7 Å². The van der Waals surface area contributed by atoms with E-state index in [-0.39, 0.29) is 24.5 Å². The molecule has 0 aromatic carbocycles. The van der Waals surface area contributed by atoms with Crippen LogP contribution in [0.1, 0.15) is 6.42 Å². The summed E-state index contributed by atoms with van der Waals surface area (Å²) in [6, 6.07) is 0. The van der Waals surface area contributed by atoms with Gasteiger partial charge in [-0.3, -0.25) is 4.18 Å². The van der Waals surface area contributed by atoms with Crippen LogP contribution in [0.3, 0.4) is 0 Å². The molecule has 1 rings (SSSR count). The topological polar surface area (TPSA) is 77.5 Å². The van der Waals surface area contributed by atoms with Crippen LogP contribution in [-0.4, -0.2) is 40.2 Å². The quantitative estimate of drug-likeness (QED) is 0.498. The molecule has 0 radical (unpaired) electrons. The Morgan fingerprint density at radius 1 is 1.50 bits per heavy atom. The second-order valence-electron chi connectivity index (χ2n) is 3.09. The molecule has 5 nitrogen and oxygen atoms in total. The van der Waals surface area contributed by atoms with Crippen LogP contribution in [0.5, 0.6) is 0 Å². The maximum atomic E-state index is 11.3. The Bertz CT molecular complexity index is 405. The van der Waals surface area contributed by atoms with Gasteiger partial charge in [-0.25, -0.2) is 8.42 Å². The van der Waals surface area contributed by atoms with E-state index >= 15 is 0 Å². The summed E-state index contributed by atoms with van der Waals surface area (Å²) < 4.78 is 49.3. The summed E-state index contributed by atoms with van der Waals surface area (Å²) in [6.45, 7) is 3.20. The molecule has 7 heteroatoms. The maximum Gasteiger partial charge on any atom is 0.271 e. The monoisotopic (exact) mass is 240 g/mol. The van der Waals surface area contributed by atoms with Gasteiger partial charge in [-0.15, -0.1) is 6.58 Å². The summed E-state index contributed by atoms with van der Waals surface area (Å²) in [5.41, 5.74) is 0. The third kappa shape index (κ3) is 2.79. The average Bonchev–Trinajstić information content (AvgIpc) is 2.43. The minimum atomic E-state index is -3.74. The van der Waals surface area contributed by atoms with Crippen molar-refractivity contribution in [2.75, 3.05) is 18.1 Å². The highest BCUT2D eigenvalue weighted by Gasteiger charge is 2.37. The van der Waals surface area contributed by atoms with E-state index in [0.717, 1.165) is 0 Å². The predicted molar refractivity (Wildman–Crippen MR) is 52.1 cm³/mol. The lowest BCUT2D eigenvalue weighted by Gasteiger charge is -2.07. The summed E-state index contributed by atoms with van der Waals surface area (Å²) in [5, 5.41) is -0.910. The van der Waals surface area contributed by atoms with E-state index in [4.69, 9.17) is 0 Å². The summed E-state index contributed by atoms with van der Waals surface area (Å²) in [6.07, 6.45) is 1.43. The van der Waals surface area contributed by atoms with Gasteiger partial charge in [0, 0.05) is 0 Å². The van der Waals surface area contributed by atoms with Crippen LogP contribution in [0.15, 0.2) is 12.7 Å². The van der Waals surface area contributed by atoms with Crippen molar-refractivity contribution < 1.29 is 21.0 Å². The first kappa shape index (κ1) is 11.7. The maximum absolute atomic E-state index is 11.3. The van der Waals surface area contributed by atoms with E-state index in [0.29, 0.717) is 0 Å². The zero-order valence-electron chi connectivity index (χ0n) is 7.55. The Morgan fingerprint density at radius 2 is 2.14 bits per heavy atom. The minimum Gasteiger partial charge on any atom is -0.266 e. The summed E-state index contributed by atoms with van der Waals surface area (Å²) in [4.78, 5) is 0. The lowest BCUT2D eigenvalue weighted by Crippen LogP contribution is -2.24. The second-order valence-corrected chi connectivity index (χ2v) is 7.21. The van der Waals surface area contributed by atoms with Crippen molar-refractivity contribution in [1.29, 1.82) is 0 Å². The predicted octanol–water partition coefficient (Wildman–Crippen LogP) is -0.294. The van der Waals surface area contributed by atoms with E-state index in [1.807, 2.05) is 0 Å². The van der Waals surface area contributed by atoms with Gasteiger partial charge in [0.05, 0.1) is 18.1 Å². The van der Waals surface area contributed by atoms with Crippen molar-refractivity contribution in [2.24, 2.45) is 0 Å². The Kier molecular flexibility index (Phi) is 3.33. The van der Waals surface area contributed by atoms with Crippen LogP contribution >= 0.6 is 0 Å². The van der Waals surface area contributed by atoms with Crippen LogP contribution in [0, 0.1) is 0 Å². The highest BCUT2D eigenvalue weighted by atomic mass is 32.2. The Hall–Kier alpha value is -0.400. The normalized spacial score (nSPS) is 26.1. The van der Waals surface area contributed by atoms with E-state index in [1.54, 1.807) is 0 Å². The lowest BCUT2D eigenvalue weighted by molar-refractivity contribution is 0.351. The van der Waals surface area contributed by atoms with Crippen molar-refractivity contribution in [3.63, 3.8) is 0 Å². The van der Waals surface area contributed by atoms with Gasteiger partial charge in [0.1, 0.15) is 5.25 Å². The number of sulfone groups is 1. The molecule has 0 spiro atoms. The molecule has 0 N–H and O–H groups in total. The number of rotatable bonds is 4. The van der Waals surface area contributed by atoms with Crippen LogP contribution in [0.4, 0.5) is 0 Å². The molecule has 0 aliphatic carbocycles. The van der Waals surface area contributed by atoms with E-state index < -0.39 is 25.2 Å². The van der Waals surface area contributed by atoms with Crippen molar-refractivity contribution in [2.45, 2.75) is 11.7 Å². The molecule has 1 atom stereocenters.